The summed E-state index contributed by atoms with van der Waals surface area (Å²) in [7, 11) is 1.98. The normalized spacial score (nSPS) is 13.3. The van der Waals surface area contributed by atoms with Crippen LogP contribution in [-0.2, 0) is 7.05 Å². The van der Waals surface area contributed by atoms with Crippen LogP contribution in [0.2, 0.25) is 0 Å². The second-order valence-electron chi connectivity index (χ2n) is 7.19. The van der Waals surface area contributed by atoms with Crippen LogP contribution < -0.4 is 10.2 Å². The number of aryl methyl sites for hydroxylation is 1. The molecule has 144 valence electrons. The van der Waals surface area contributed by atoms with Gasteiger partial charge in [-0.25, -0.2) is 9.97 Å². The molecule has 7 heteroatoms. The fraction of sp³-hybridized carbons (Fsp3) is 0.182. The third-order valence-electron chi connectivity index (χ3n) is 5.26. The zero-order chi connectivity index (χ0) is 19.8. The molecule has 0 saturated carbocycles. The molecule has 1 aliphatic rings. The number of imidazole rings is 1. The van der Waals surface area contributed by atoms with Crippen LogP contribution in [0.3, 0.4) is 0 Å². The fourth-order valence-electron chi connectivity index (χ4n) is 3.56. The zero-order valence-electron chi connectivity index (χ0n) is 16.0. The van der Waals surface area contributed by atoms with Gasteiger partial charge < -0.3 is 14.8 Å². The smallest absolute Gasteiger partial charge is 0.256 e. The van der Waals surface area contributed by atoms with Crippen LogP contribution in [-0.4, -0.2) is 38.5 Å². The highest BCUT2D eigenvalue weighted by Crippen LogP contribution is 2.33. The molecular weight excluding hydrogens is 364 g/mol. The fourth-order valence-corrected chi connectivity index (χ4v) is 3.56. The average Bonchev–Trinajstić information content (AvgIpc) is 3.13. The maximum absolute atomic E-state index is 12.6. The van der Waals surface area contributed by atoms with Crippen molar-refractivity contribution >= 4 is 28.3 Å². The summed E-state index contributed by atoms with van der Waals surface area (Å²) in [6.07, 6.45) is 8.01. The predicted molar refractivity (Wildman–Crippen MR) is 113 cm³/mol. The highest BCUT2D eigenvalue weighted by atomic mass is 16.1. The SMILES string of the molecule is Cn1cncc1-c1ccc2c(N3CCC3)nc(NC(=O)c3ccncc3)cc2c1. The van der Waals surface area contributed by atoms with Crippen molar-refractivity contribution < 1.29 is 4.79 Å². The molecule has 0 bridgehead atoms. The van der Waals surface area contributed by atoms with E-state index in [1.807, 2.05) is 23.9 Å². The van der Waals surface area contributed by atoms with Gasteiger partial charge in [0.2, 0.25) is 0 Å². The Morgan fingerprint density at radius 3 is 2.59 bits per heavy atom. The van der Waals surface area contributed by atoms with Crippen LogP contribution in [0.15, 0.2) is 61.3 Å². The molecule has 1 aliphatic heterocycles. The number of amides is 1. The molecule has 1 aromatic carbocycles. The van der Waals surface area contributed by atoms with E-state index in [1.54, 1.807) is 30.9 Å². The first-order valence-corrected chi connectivity index (χ1v) is 9.57. The minimum Gasteiger partial charge on any atom is -0.356 e. The molecular formula is C22H20N6O. The summed E-state index contributed by atoms with van der Waals surface area (Å²) in [5.74, 6) is 1.26. The maximum Gasteiger partial charge on any atom is 0.256 e. The third-order valence-corrected chi connectivity index (χ3v) is 5.26. The standard InChI is InChI=1S/C22H20N6O/c1-27-14-24-13-19(27)16-3-4-18-17(11-16)12-20(25-21(18)28-9-2-10-28)26-22(29)15-5-7-23-8-6-15/h3-8,11-14H,2,9-10H2,1H3,(H,25,26,29). The molecule has 4 aromatic rings. The van der Waals surface area contributed by atoms with Crippen molar-refractivity contribution in [3.8, 4) is 11.3 Å². The van der Waals surface area contributed by atoms with Crippen LogP contribution >= 0.6 is 0 Å². The number of hydrogen-bond acceptors (Lipinski definition) is 5. The largest absolute Gasteiger partial charge is 0.356 e. The molecule has 3 aromatic heterocycles. The average molecular weight is 384 g/mol. The lowest BCUT2D eigenvalue weighted by molar-refractivity contribution is 0.102. The van der Waals surface area contributed by atoms with Crippen molar-refractivity contribution in [1.29, 1.82) is 0 Å². The van der Waals surface area contributed by atoms with Crippen molar-refractivity contribution in [3.63, 3.8) is 0 Å². The highest BCUT2D eigenvalue weighted by Gasteiger charge is 2.20. The van der Waals surface area contributed by atoms with Crippen molar-refractivity contribution in [3.05, 3.63) is 66.9 Å². The summed E-state index contributed by atoms with van der Waals surface area (Å²) in [4.78, 5) is 27.8. The molecule has 4 heterocycles. The lowest BCUT2D eigenvalue weighted by atomic mass is 10.0. The van der Waals surface area contributed by atoms with Crippen molar-refractivity contribution in [2.45, 2.75) is 6.42 Å². The summed E-state index contributed by atoms with van der Waals surface area (Å²) in [5.41, 5.74) is 2.66. The van der Waals surface area contributed by atoms with Gasteiger partial charge in [-0.2, -0.15) is 0 Å². The molecule has 0 radical (unpaired) electrons. The topological polar surface area (TPSA) is 75.9 Å². The van der Waals surface area contributed by atoms with Crippen molar-refractivity contribution in [2.75, 3.05) is 23.3 Å². The van der Waals surface area contributed by atoms with E-state index in [9.17, 15) is 4.79 Å². The molecule has 29 heavy (non-hydrogen) atoms. The Labute approximate surface area is 168 Å². The number of fused-ring (bicyclic) bond motifs is 1. The van der Waals surface area contributed by atoms with Crippen LogP contribution in [0.25, 0.3) is 22.0 Å². The second-order valence-corrected chi connectivity index (χ2v) is 7.19. The minimum atomic E-state index is -0.198. The first-order chi connectivity index (χ1) is 14.2. The van der Waals surface area contributed by atoms with Crippen LogP contribution in [0.1, 0.15) is 16.8 Å². The molecule has 5 rings (SSSR count). The first-order valence-electron chi connectivity index (χ1n) is 9.57. The Kier molecular flexibility index (Phi) is 4.20. The van der Waals surface area contributed by atoms with Gasteiger partial charge >= 0.3 is 0 Å². The van der Waals surface area contributed by atoms with E-state index in [0.29, 0.717) is 11.4 Å². The Bertz CT molecular complexity index is 1200. The molecule has 0 atom stereocenters. The molecule has 1 amide bonds. The summed E-state index contributed by atoms with van der Waals surface area (Å²) < 4.78 is 1.99. The summed E-state index contributed by atoms with van der Waals surface area (Å²) in [5, 5.41) is 5.05. The number of nitrogens with zero attached hydrogens (tertiary/aromatic N) is 5. The van der Waals surface area contributed by atoms with Gasteiger partial charge in [0, 0.05) is 49.0 Å². The van der Waals surface area contributed by atoms with Gasteiger partial charge in [-0.3, -0.25) is 9.78 Å². The van der Waals surface area contributed by atoms with Crippen LogP contribution in [0.4, 0.5) is 11.6 Å². The monoisotopic (exact) mass is 384 g/mol. The van der Waals surface area contributed by atoms with E-state index in [2.05, 4.69) is 38.4 Å². The number of pyridine rings is 2. The number of nitrogens with one attached hydrogen (secondary N) is 1. The van der Waals surface area contributed by atoms with E-state index >= 15 is 0 Å². The quantitative estimate of drug-likeness (QED) is 0.583. The van der Waals surface area contributed by atoms with Gasteiger partial charge in [0.1, 0.15) is 11.6 Å². The molecule has 0 spiro atoms. The molecule has 0 aliphatic carbocycles. The van der Waals surface area contributed by atoms with E-state index in [-0.39, 0.29) is 5.91 Å². The predicted octanol–water partition coefficient (Wildman–Crippen LogP) is 3.49. The maximum atomic E-state index is 12.6. The van der Waals surface area contributed by atoms with Gasteiger partial charge in [-0.15, -0.1) is 0 Å². The van der Waals surface area contributed by atoms with Crippen molar-refractivity contribution in [2.24, 2.45) is 7.05 Å². The first kappa shape index (κ1) is 17.4. The summed E-state index contributed by atoms with van der Waals surface area (Å²) in [6.45, 7) is 1.96. The van der Waals surface area contributed by atoms with E-state index in [0.717, 1.165) is 47.4 Å². The minimum absolute atomic E-state index is 0.198. The van der Waals surface area contributed by atoms with Gasteiger partial charge in [0.25, 0.3) is 5.91 Å². The highest BCUT2D eigenvalue weighted by molar-refractivity contribution is 6.05. The number of anilines is 2. The number of rotatable bonds is 4. The number of carbonyl (C=O) groups excluding carboxylic acids is 1. The summed E-state index contributed by atoms with van der Waals surface area (Å²) >= 11 is 0. The number of hydrogen-bond donors (Lipinski definition) is 1. The van der Waals surface area contributed by atoms with E-state index in [4.69, 9.17) is 4.98 Å². The van der Waals surface area contributed by atoms with E-state index in [1.165, 1.54) is 0 Å². The van der Waals surface area contributed by atoms with Gasteiger partial charge in [-0.1, -0.05) is 6.07 Å². The lowest BCUT2D eigenvalue weighted by Gasteiger charge is -2.33. The van der Waals surface area contributed by atoms with Gasteiger partial charge in [-0.05, 0) is 42.1 Å². The van der Waals surface area contributed by atoms with Crippen LogP contribution in [0, 0.1) is 0 Å². The molecule has 1 fully saturated rings. The lowest BCUT2D eigenvalue weighted by Crippen LogP contribution is -2.37. The van der Waals surface area contributed by atoms with Crippen molar-refractivity contribution in [1.82, 2.24) is 19.5 Å². The Hall–Kier alpha value is -3.74. The number of aromatic nitrogens is 4. The number of carbonyl (C=O) groups is 1. The molecule has 1 saturated heterocycles. The Balaban J connectivity index is 1.58. The zero-order valence-corrected chi connectivity index (χ0v) is 16.0. The number of benzene rings is 1. The van der Waals surface area contributed by atoms with Crippen LogP contribution in [0.5, 0.6) is 0 Å². The molecule has 7 nitrogen and oxygen atoms in total. The van der Waals surface area contributed by atoms with E-state index < -0.39 is 0 Å². The molecule has 1 N–H and O–H groups in total. The third kappa shape index (κ3) is 3.20. The molecule has 0 unspecified atom stereocenters. The van der Waals surface area contributed by atoms with Gasteiger partial charge in [0.15, 0.2) is 0 Å². The van der Waals surface area contributed by atoms with Gasteiger partial charge in [0.05, 0.1) is 18.2 Å². The summed E-state index contributed by atoms with van der Waals surface area (Å²) in [6, 6.07) is 11.6. The Morgan fingerprint density at radius 2 is 1.90 bits per heavy atom. The second kappa shape index (κ2) is 7.01. The Morgan fingerprint density at radius 1 is 1.07 bits per heavy atom.